The number of nitrogens with one attached hydrogen (secondary N) is 1. The van der Waals surface area contributed by atoms with E-state index in [-0.39, 0.29) is 23.6 Å². The molecule has 5 nitrogen and oxygen atoms in total. The monoisotopic (exact) mass is 408 g/mol. The van der Waals surface area contributed by atoms with Crippen molar-refractivity contribution in [2.24, 2.45) is 0 Å². The highest BCUT2D eigenvalue weighted by Crippen LogP contribution is 2.42. The number of hydrogen-bond acceptors (Lipinski definition) is 4. The minimum atomic E-state index is -2.76. The van der Waals surface area contributed by atoms with Gasteiger partial charge in [-0.05, 0) is 37.8 Å². The molecule has 0 fully saturated rings. The topological polar surface area (TPSA) is 59.8 Å². The highest BCUT2D eigenvalue weighted by molar-refractivity contribution is 5.88. The zero-order valence-electron chi connectivity index (χ0n) is 16.9. The Kier molecular flexibility index (Phi) is 4.24. The third-order valence-electron chi connectivity index (χ3n) is 6.20. The number of rotatable bonds is 4. The van der Waals surface area contributed by atoms with Crippen molar-refractivity contribution in [3.8, 4) is 0 Å². The van der Waals surface area contributed by atoms with Gasteiger partial charge in [-0.25, -0.2) is 18.7 Å². The molecule has 154 valence electrons. The highest BCUT2D eigenvalue weighted by Gasteiger charge is 2.39. The van der Waals surface area contributed by atoms with E-state index < -0.39 is 5.92 Å². The Bertz CT molecular complexity index is 1260. The summed E-state index contributed by atoms with van der Waals surface area (Å²) < 4.78 is 29.9. The van der Waals surface area contributed by atoms with Crippen LogP contribution in [0.4, 0.5) is 14.6 Å². The number of allylic oxidation sites excluding steroid dienone is 2. The largest absolute Gasteiger partial charge is 0.365 e. The van der Waals surface area contributed by atoms with Gasteiger partial charge in [0, 0.05) is 30.8 Å². The molecule has 2 aliphatic carbocycles. The van der Waals surface area contributed by atoms with Gasteiger partial charge < -0.3 is 9.88 Å². The van der Waals surface area contributed by atoms with Crippen molar-refractivity contribution in [3.05, 3.63) is 75.0 Å². The van der Waals surface area contributed by atoms with Crippen molar-refractivity contribution < 1.29 is 8.78 Å². The van der Waals surface area contributed by atoms with E-state index in [4.69, 9.17) is 0 Å². The minimum Gasteiger partial charge on any atom is -0.365 e. The molecule has 5 rings (SSSR count). The van der Waals surface area contributed by atoms with Crippen molar-refractivity contribution in [1.29, 1.82) is 0 Å². The van der Waals surface area contributed by atoms with E-state index in [9.17, 15) is 13.6 Å². The molecule has 0 amide bonds. The molecule has 1 unspecified atom stereocenters. The van der Waals surface area contributed by atoms with E-state index >= 15 is 0 Å². The van der Waals surface area contributed by atoms with Crippen LogP contribution in [0.3, 0.4) is 0 Å². The van der Waals surface area contributed by atoms with Crippen LogP contribution in [-0.2, 0) is 18.9 Å². The fourth-order valence-electron chi connectivity index (χ4n) is 4.44. The van der Waals surface area contributed by atoms with Gasteiger partial charge in [0.05, 0.1) is 16.9 Å². The van der Waals surface area contributed by atoms with E-state index in [1.165, 1.54) is 11.6 Å². The maximum Gasteiger partial charge on any atom is 0.273 e. The lowest BCUT2D eigenvalue weighted by Gasteiger charge is -2.27. The van der Waals surface area contributed by atoms with E-state index in [0.717, 1.165) is 22.9 Å². The zero-order chi connectivity index (χ0) is 21.0. The number of hydrogen-bond donors (Lipinski definition) is 1. The molecule has 0 spiro atoms. The Hall–Kier alpha value is -3.09. The number of benzene rings is 1. The number of fused-ring (bicyclic) bond motifs is 2. The third-order valence-corrected chi connectivity index (χ3v) is 6.20. The fraction of sp³-hybridized carbons (Fsp3) is 0.348. The fourth-order valence-corrected chi connectivity index (χ4v) is 4.44. The second-order valence-electron chi connectivity index (χ2n) is 8.14. The molecule has 0 bridgehead atoms. The molecule has 2 aromatic heterocycles. The molecular weight excluding hydrogens is 386 g/mol. The Labute approximate surface area is 172 Å². The number of alkyl halides is 2. The van der Waals surface area contributed by atoms with Crippen molar-refractivity contribution in [1.82, 2.24) is 14.5 Å². The van der Waals surface area contributed by atoms with Gasteiger partial charge in [0.15, 0.2) is 0 Å². The van der Waals surface area contributed by atoms with Crippen LogP contribution in [0.25, 0.3) is 10.9 Å². The lowest BCUT2D eigenvalue weighted by Crippen LogP contribution is -2.27. The van der Waals surface area contributed by atoms with Gasteiger partial charge in [-0.1, -0.05) is 29.8 Å². The SMILES string of the molecule is CC1=CCC1n1cc2c(NCc3cccc4c3CCC4(F)F)nc(C)nc2cc1=O. The third kappa shape index (κ3) is 3.00. The van der Waals surface area contributed by atoms with E-state index in [1.54, 1.807) is 23.6 Å². The van der Waals surface area contributed by atoms with Crippen LogP contribution in [0.2, 0.25) is 0 Å². The lowest BCUT2D eigenvalue weighted by atomic mass is 9.93. The summed E-state index contributed by atoms with van der Waals surface area (Å²) in [4.78, 5) is 21.5. The Morgan fingerprint density at radius 3 is 2.83 bits per heavy atom. The summed E-state index contributed by atoms with van der Waals surface area (Å²) >= 11 is 0. The molecule has 1 aromatic carbocycles. The normalized spacial score (nSPS) is 19.3. The summed E-state index contributed by atoms with van der Waals surface area (Å²) in [6.07, 6.45) is 4.98. The lowest BCUT2D eigenvalue weighted by molar-refractivity contribution is -0.00184. The predicted octanol–water partition coefficient (Wildman–Crippen LogP) is 4.64. The number of pyridine rings is 1. The first-order valence-electron chi connectivity index (χ1n) is 10.1. The first kappa shape index (κ1) is 18.9. The molecule has 0 saturated heterocycles. The van der Waals surface area contributed by atoms with Crippen LogP contribution < -0.4 is 10.9 Å². The zero-order valence-corrected chi connectivity index (χ0v) is 16.9. The quantitative estimate of drug-likeness (QED) is 0.639. The second-order valence-corrected chi connectivity index (χ2v) is 8.14. The Balaban J connectivity index is 1.52. The smallest absolute Gasteiger partial charge is 0.273 e. The van der Waals surface area contributed by atoms with E-state index in [2.05, 4.69) is 21.4 Å². The van der Waals surface area contributed by atoms with Crippen LogP contribution >= 0.6 is 0 Å². The van der Waals surface area contributed by atoms with Gasteiger partial charge >= 0.3 is 0 Å². The molecule has 0 saturated carbocycles. The number of aromatic nitrogens is 3. The summed E-state index contributed by atoms with van der Waals surface area (Å²) in [6.45, 7) is 4.17. The van der Waals surface area contributed by atoms with Crippen molar-refractivity contribution in [2.45, 2.75) is 51.6 Å². The van der Waals surface area contributed by atoms with Crippen LogP contribution in [0.15, 0.2) is 46.9 Å². The number of aryl methyl sites for hydroxylation is 1. The van der Waals surface area contributed by atoms with Gasteiger partial charge in [-0.3, -0.25) is 4.79 Å². The van der Waals surface area contributed by atoms with Crippen molar-refractivity contribution in [2.75, 3.05) is 5.32 Å². The summed E-state index contributed by atoms with van der Waals surface area (Å²) in [5.41, 5.74) is 3.35. The molecule has 7 heteroatoms. The van der Waals surface area contributed by atoms with E-state index in [0.29, 0.717) is 30.1 Å². The number of nitrogens with zero attached hydrogens (tertiary/aromatic N) is 3. The average molecular weight is 408 g/mol. The number of halogens is 2. The summed E-state index contributed by atoms with van der Waals surface area (Å²) in [5, 5.41) is 4.06. The molecule has 2 aliphatic rings. The van der Waals surface area contributed by atoms with Gasteiger partial charge in [0.2, 0.25) is 0 Å². The summed E-state index contributed by atoms with van der Waals surface area (Å²) in [5.74, 6) is -1.60. The molecule has 0 radical (unpaired) electrons. The maximum absolute atomic E-state index is 14.1. The first-order chi connectivity index (χ1) is 14.3. The van der Waals surface area contributed by atoms with Crippen LogP contribution in [0.5, 0.6) is 0 Å². The number of anilines is 1. The molecular formula is C23H22F2N4O. The molecule has 2 heterocycles. The summed E-state index contributed by atoms with van der Waals surface area (Å²) in [6, 6.07) is 6.68. The molecule has 0 aliphatic heterocycles. The highest BCUT2D eigenvalue weighted by atomic mass is 19.3. The van der Waals surface area contributed by atoms with Gasteiger partial charge in [0.1, 0.15) is 11.6 Å². The van der Waals surface area contributed by atoms with E-state index in [1.807, 2.05) is 19.2 Å². The molecule has 30 heavy (non-hydrogen) atoms. The summed E-state index contributed by atoms with van der Waals surface area (Å²) in [7, 11) is 0. The van der Waals surface area contributed by atoms with Crippen molar-refractivity contribution >= 4 is 16.7 Å². The van der Waals surface area contributed by atoms with Crippen molar-refractivity contribution in [3.63, 3.8) is 0 Å². The van der Waals surface area contributed by atoms with Gasteiger partial charge in [-0.2, -0.15) is 0 Å². The standard InChI is InChI=1S/C23H22F2N4O/c1-13-6-7-20(13)29-12-17-19(10-21(29)30)27-14(2)28-22(17)26-11-15-4-3-5-18-16(15)8-9-23(18,24)25/h3-6,10,12,20H,7-9,11H2,1-2H3,(H,26,27,28). The van der Waals surface area contributed by atoms with Crippen LogP contribution in [0.1, 0.15) is 48.3 Å². The Morgan fingerprint density at radius 2 is 2.10 bits per heavy atom. The van der Waals surface area contributed by atoms with Crippen LogP contribution in [0, 0.1) is 6.92 Å². The van der Waals surface area contributed by atoms with Gasteiger partial charge in [0.25, 0.3) is 11.5 Å². The predicted molar refractivity (Wildman–Crippen MR) is 112 cm³/mol. The molecule has 1 atom stereocenters. The van der Waals surface area contributed by atoms with Gasteiger partial charge in [-0.15, -0.1) is 0 Å². The molecule has 1 N–H and O–H groups in total. The average Bonchev–Trinajstić information content (AvgIpc) is 3.01. The first-order valence-corrected chi connectivity index (χ1v) is 10.1. The second kappa shape index (κ2) is 6.72. The Morgan fingerprint density at radius 1 is 1.27 bits per heavy atom. The molecule has 3 aromatic rings. The minimum absolute atomic E-state index is 0.0654. The van der Waals surface area contributed by atoms with Crippen LogP contribution in [-0.4, -0.2) is 14.5 Å². The maximum atomic E-state index is 14.1.